The summed E-state index contributed by atoms with van der Waals surface area (Å²) >= 11 is 0. The molecule has 0 unspecified atom stereocenters. The molecule has 0 radical (unpaired) electrons. The van der Waals surface area contributed by atoms with Crippen LogP contribution in [0.1, 0.15) is 12.5 Å². The molecule has 1 fully saturated rings. The third-order valence-electron chi connectivity index (χ3n) is 4.91. The van der Waals surface area contributed by atoms with E-state index in [0.717, 1.165) is 43.8 Å². The van der Waals surface area contributed by atoms with Crippen LogP contribution in [0.15, 0.2) is 59.0 Å². The standard InChI is InChI=1S/C22H24N2O4/c1-2-26-22(25)28-21-15-18-14-19(8-9-20(18)27-21)24-12-10-23(11-13-24)16-17-6-4-3-5-7-17/h3-9,14-15H,2,10-13,16H2,1H3. The number of nitrogens with zero attached hydrogens (tertiary/aromatic N) is 2. The zero-order valence-electron chi connectivity index (χ0n) is 16.0. The maximum absolute atomic E-state index is 11.4. The first kappa shape index (κ1) is 18.4. The molecule has 0 spiro atoms. The van der Waals surface area contributed by atoms with Crippen molar-refractivity contribution in [2.24, 2.45) is 0 Å². The molecule has 0 saturated carbocycles. The van der Waals surface area contributed by atoms with Crippen LogP contribution in [0.2, 0.25) is 0 Å². The third kappa shape index (κ3) is 4.28. The van der Waals surface area contributed by atoms with E-state index < -0.39 is 6.16 Å². The summed E-state index contributed by atoms with van der Waals surface area (Å²) in [5, 5.41) is 0.906. The number of carbonyl (C=O) groups excluding carboxylic acids is 1. The van der Waals surface area contributed by atoms with E-state index in [9.17, 15) is 4.79 Å². The van der Waals surface area contributed by atoms with Crippen molar-refractivity contribution in [2.45, 2.75) is 13.5 Å². The number of furan rings is 1. The minimum atomic E-state index is -0.753. The quantitative estimate of drug-likeness (QED) is 0.616. The normalized spacial score (nSPS) is 15.0. The Morgan fingerprint density at radius 1 is 1.04 bits per heavy atom. The number of fused-ring (bicyclic) bond motifs is 1. The lowest BCUT2D eigenvalue weighted by Gasteiger charge is -2.36. The SMILES string of the molecule is CCOC(=O)Oc1cc2cc(N3CCN(Cc4ccccc4)CC3)ccc2o1. The minimum absolute atomic E-state index is 0.151. The molecular weight excluding hydrogens is 356 g/mol. The summed E-state index contributed by atoms with van der Waals surface area (Å²) in [7, 11) is 0. The smallest absolute Gasteiger partial charge is 0.434 e. The Balaban J connectivity index is 1.38. The Hall–Kier alpha value is -2.99. The molecule has 6 nitrogen and oxygen atoms in total. The number of carbonyl (C=O) groups is 1. The van der Waals surface area contributed by atoms with Crippen molar-refractivity contribution in [3.8, 4) is 5.95 Å². The molecule has 0 bridgehead atoms. The van der Waals surface area contributed by atoms with Gasteiger partial charge in [-0.05, 0) is 30.7 Å². The molecule has 0 N–H and O–H groups in total. The Bertz CT molecular complexity index is 930. The number of rotatable bonds is 5. The third-order valence-corrected chi connectivity index (χ3v) is 4.91. The van der Waals surface area contributed by atoms with E-state index in [1.165, 1.54) is 5.56 Å². The van der Waals surface area contributed by atoms with Crippen LogP contribution < -0.4 is 9.64 Å². The van der Waals surface area contributed by atoms with E-state index in [2.05, 4.69) is 46.2 Å². The van der Waals surface area contributed by atoms with Crippen molar-refractivity contribution in [3.05, 3.63) is 60.2 Å². The molecule has 146 valence electrons. The van der Waals surface area contributed by atoms with Gasteiger partial charge in [0, 0.05) is 49.9 Å². The summed E-state index contributed by atoms with van der Waals surface area (Å²) < 4.78 is 15.4. The van der Waals surface area contributed by atoms with E-state index in [0.29, 0.717) is 5.58 Å². The largest absolute Gasteiger partial charge is 0.516 e. The molecule has 1 aromatic heterocycles. The lowest BCUT2D eigenvalue weighted by molar-refractivity contribution is 0.0957. The van der Waals surface area contributed by atoms with E-state index >= 15 is 0 Å². The Morgan fingerprint density at radius 3 is 2.57 bits per heavy atom. The topological polar surface area (TPSA) is 55.2 Å². The Labute approximate surface area is 164 Å². The maximum Gasteiger partial charge on any atom is 0.516 e. The van der Waals surface area contributed by atoms with Gasteiger partial charge in [0.25, 0.3) is 5.95 Å². The van der Waals surface area contributed by atoms with Crippen molar-refractivity contribution >= 4 is 22.8 Å². The van der Waals surface area contributed by atoms with Crippen LogP contribution in [-0.2, 0) is 11.3 Å². The van der Waals surface area contributed by atoms with Crippen molar-refractivity contribution in [2.75, 3.05) is 37.7 Å². The molecular formula is C22H24N2O4. The molecule has 28 heavy (non-hydrogen) atoms. The molecule has 0 aliphatic carbocycles. The molecule has 4 rings (SSSR count). The van der Waals surface area contributed by atoms with Gasteiger partial charge < -0.3 is 18.8 Å². The van der Waals surface area contributed by atoms with E-state index in [-0.39, 0.29) is 12.6 Å². The second-order valence-electron chi connectivity index (χ2n) is 6.82. The highest BCUT2D eigenvalue weighted by Crippen LogP contribution is 2.29. The highest BCUT2D eigenvalue weighted by atomic mass is 16.8. The lowest BCUT2D eigenvalue weighted by Crippen LogP contribution is -2.45. The zero-order valence-corrected chi connectivity index (χ0v) is 16.0. The average molecular weight is 380 g/mol. The van der Waals surface area contributed by atoms with Gasteiger partial charge in [0.1, 0.15) is 5.58 Å². The second kappa shape index (κ2) is 8.35. The average Bonchev–Trinajstić information content (AvgIpc) is 3.11. The van der Waals surface area contributed by atoms with Crippen LogP contribution >= 0.6 is 0 Å². The van der Waals surface area contributed by atoms with Crippen LogP contribution in [0.25, 0.3) is 11.0 Å². The maximum atomic E-state index is 11.4. The van der Waals surface area contributed by atoms with Crippen molar-refractivity contribution in [1.29, 1.82) is 0 Å². The van der Waals surface area contributed by atoms with E-state index in [4.69, 9.17) is 13.9 Å². The highest BCUT2D eigenvalue weighted by Gasteiger charge is 2.18. The summed E-state index contributed by atoms with van der Waals surface area (Å²) in [4.78, 5) is 16.3. The molecule has 0 amide bonds. The first-order valence-corrected chi connectivity index (χ1v) is 9.60. The van der Waals surface area contributed by atoms with Gasteiger partial charge >= 0.3 is 6.16 Å². The number of ether oxygens (including phenoxy) is 2. The fraction of sp³-hybridized carbons (Fsp3) is 0.318. The number of hydrogen-bond acceptors (Lipinski definition) is 6. The predicted molar refractivity (Wildman–Crippen MR) is 108 cm³/mol. The van der Waals surface area contributed by atoms with Crippen LogP contribution in [0, 0.1) is 0 Å². The minimum Gasteiger partial charge on any atom is -0.434 e. The van der Waals surface area contributed by atoms with Crippen LogP contribution in [0.5, 0.6) is 5.95 Å². The van der Waals surface area contributed by atoms with E-state index in [1.807, 2.05) is 12.1 Å². The Morgan fingerprint density at radius 2 is 1.82 bits per heavy atom. The molecule has 2 heterocycles. The van der Waals surface area contributed by atoms with Gasteiger partial charge in [-0.2, -0.15) is 0 Å². The second-order valence-corrected chi connectivity index (χ2v) is 6.82. The lowest BCUT2D eigenvalue weighted by atomic mass is 10.1. The molecule has 0 atom stereocenters. The van der Waals surface area contributed by atoms with E-state index in [1.54, 1.807) is 13.0 Å². The summed E-state index contributed by atoms with van der Waals surface area (Å²) in [5.74, 6) is 0.151. The summed E-state index contributed by atoms with van der Waals surface area (Å²) in [6.07, 6.45) is -0.753. The highest BCUT2D eigenvalue weighted by molar-refractivity contribution is 5.83. The van der Waals surface area contributed by atoms with Crippen LogP contribution in [0.3, 0.4) is 0 Å². The van der Waals surface area contributed by atoms with Crippen LogP contribution in [0.4, 0.5) is 10.5 Å². The molecule has 2 aromatic carbocycles. The van der Waals surface area contributed by atoms with Gasteiger partial charge in [-0.1, -0.05) is 30.3 Å². The van der Waals surface area contributed by atoms with Gasteiger partial charge in [-0.3, -0.25) is 4.90 Å². The fourth-order valence-electron chi connectivity index (χ4n) is 3.49. The van der Waals surface area contributed by atoms with Crippen LogP contribution in [-0.4, -0.2) is 43.8 Å². The van der Waals surface area contributed by atoms with Crippen molar-refractivity contribution in [3.63, 3.8) is 0 Å². The number of piperazine rings is 1. The summed E-state index contributed by atoms with van der Waals surface area (Å²) in [6.45, 7) is 6.98. The molecule has 1 aliphatic rings. The molecule has 1 aliphatic heterocycles. The first-order valence-electron chi connectivity index (χ1n) is 9.60. The fourth-order valence-corrected chi connectivity index (χ4v) is 3.49. The summed E-state index contributed by atoms with van der Waals surface area (Å²) in [5.41, 5.74) is 3.19. The first-order chi connectivity index (χ1) is 13.7. The van der Waals surface area contributed by atoms with Crippen molar-refractivity contribution < 1.29 is 18.7 Å². The van der Waals surface area contributed by atoms with Gasteiger partial charge in [0.05, 0.1) is 6.61 Å². The van der Waals surface area contributed by atoms with Gasteiger partial charge in [-0.15, -0.1) is 0 Å². The predicted octanol–water partition coefficient (Wildman–Crippen LogP) is 4.29. The molecule has 6 heteroatoms. The van der Waals surface area contributed by atoms with Gasteiger partial charge in [0.15, 0.2) is 0 Å². The van der Waals surface area contributed by atoms with Gasteiger partial charge in [0.2, 0.25) is 0 Å². The Kier molecular flexibility index (Phi) is 5.48. The monoisotopic (exact) mass is 380 g/mol. The van der Waals surface area contributed by atoms with Crippen molar-refractivity contribution in [1.82, 2.24) is 4.90 Å². The number of anilines is 1. The zero-order chi connectivity index (χ0) is 19.3. The molecule has 1 saturated heterocycles. The van der Waals surface area contributed by atoms with Gasteiger partial charge in [-0.25, -0.2) is 4.79 Å². The number of benzene rings is 2. The summed E-state index contributed by atoms with van der Waals surface area (Å²) in [6, 6.07) is 18.3. The molecule has 3 aromatic rings. The number of hydrogen-bond donors (Lipinski definition) is 0.